The number of carbonyl (C=O) groups excluding carboxylic acids is 1. The Morgan fingerprint density at radius 3 is 2.77 bits per heavy atom. The summed E-state index contributed by atoms with van der Waals surface area (Å²) in [5.41, 5.74) is 3.97. The molecule has 7 rings (SSSR count). The molecule has 1 atom stereocenters. The minimum Gasteiger partial charge on any atom is -0.487 e. The molecule has 1 aliphatic carbocycles. The Morgan fingerprint density at radius 1 is 1.12 bits per heavy atom. The van der Waals surface area contributed by atoms with Crippen LogP contribution in [0.2, 0.25) is 5.02 Å². The number of anilines is 2. The lowest BCUT2D eigenvalue weighted by Gasteiger charge is -2.19. The van der Waals surface area contributed by atoms with Crippen LogP contribution in [0.25, 0.3) is 20.7 Å². The second-order valence-corrected chi connectivity index (χ2v) is 12.4. The molecule has 0 amide bonds. The minimum atomic E-state index is -5.12. The quantitative estimate of drug-likeness (QED) is 0.119. The van der Waals surface area contributed by atoms with E-state index in [-0.39, 0.29) is 25.5 Å². The number of rotatable bonds is 10. The van der Waals surface area contributed by atoms with Gasteiger partial charge >= 0.3 is 12.1 Å². The Morgan fingerprint density at radius 2 is 2.00 bits per heavy atom. The molecule has 10 nitrogen and oxygen atoms in total. The van der Waals surface area contributed by atoms with Gasteiger partial charge in [0.05, 0.1) is 35.5 Å². The largest absolute Gasteiger partial charge is 0.490 e. The van der Waals surface area contributed by atoms with E-state index in [0.717, 1.165) is 31.9 Å². The van der Waals surface area contributed by atoms with Crippen LogP contribution < -0.4 is 10.1 Å². The van der Waals surface area contributed by atoms with Gasteiger partial charge in [0.15, 0.2) is 0 Å². The van der Waals surface area contributed by atoms with Gasteiger partial charge in [0.1, 0.15) is 41.3 Å². The van der Waals surface area contributed by atoms with Crippen LogP contribution in [0.4, 0.5) is 29.1 Å². The third kappa shape index (κ3) is 6.69. The number of carbonyl (C=O) groups is 1. The molecule has 0 bridgehead atoms. The first kappa shape index (κ1) is 31.6. The number of aromatic nitrogens is 6. The normalized spacial score (nSPS) is 13.2. The highest BCUT2D eigenvalue weighted by atomic mass is 35.5. The molecule has 0 aliphatic heterocycles. The van der Waals surface area contributed by atoms with Crippen molar-refractivity contribution < 1.29 is 31.8 Å². The molecular formula is C32H24ClF4N7O3S. The second kappa shape index (κ2) is 12.9. The van der Waals surface area contributed by atoms with E-state index in [1.807, 2.05) is 0 Å². The van der Waals surface area contributed by atoms with E-state index < -0.39 is 18.2 Å². The maximum atomic E-state index is 13.5. The molecule has 0 spiro atoms. The van der Waals surface area contributed by atoms with Crippen molar-refractivity contribution in [1.29, 1.82) is 0 Å². The fourth-order valence-electron chi connectivity index (χ4n) is 5.52. The summed E-state index contributed by atoms with van der Waals surface area (Å²) in [6.45, 7) is 0.0259. The lowest BCUT2D eigenvalue weighted by atomic mass is 9.95. The van der Waals surface area contributed by atoms with Gasteiger partial charge in [0, 0.05) is 34.7 Å². The predicted octanol–water partition coefficient (Wildman–Crippen LogP) is 7.14. The molecule has 1 N–H and O–H groups in total. The summed E-state index contributed by atoms with van der Waals surface area (Å²) in [6, 6.07) is 11.4. The van der Waals surface area contributed by atoms with Gasteiger partial charge in [0.25, 0.3) is 0 Å². The number of hydrogen-bond donors (Lipinski definition) is 1. The smallest absolute Gasteiger partial charge is 0.487 e. The Kier molecular flexibility index (Phi) is 8.47. The number of hydrogen-bond acceptors (Lipinski definition) is 9. The van der Waals surface area contributed by atoms with Crippen molar-refractivity contribution in [3.63, 3.8) is 0 Å². The van der Waals surface area contributed by atoms with Gasteiger partial charge < -0.3 is 19.4 Å². The van der Waals surface area contributed by atoms with Crippen LogP contribution in [0.5, 0.6) is 5.75 Å². The first-order valence-corrected chi connectivity index (χ1v) is 15.8. The molecule has 1 aliphatic rings. The molecule has 0 saturated heterocycles. The lowest BCUT2D eigenvalue weighted by molar-refractivity contribution is -0.206. The van der Waals surface area contributed by atoms with Crippen molar-refractivity contribution in [2.45, 2.75) is 44.8 Å². The molecule has 4 heterocycles. The van der Waals surface area contributed by atoms with Crippen LogP contribution in [0, 0.1) is 5.82 Å². The standard InChI is InChI=1S/C32H24ClF4N7O3S/c33-24-11-20(4-7-26(24)46-15-18-2-1-3-19(34)10-18)41-29-27-22-5-6-25-23(28(22)48-30(27)40-16-39-29)14-44(42-25)13-21(12-43-9-8-38-17-43)47-31(45)32(35,36)37/h1-4,7-11,14,16-17,21H,5-6,12-13,15H2,(H,39,40,41)/t21-/m1/s1. The Hall–Kier alpha value is -5.02. The van der Waals surface area contributed by atoms with E-state index >= 15 is 0 Å². The maximum absolute atomic E-state index is 13.5. The van der Waals surface area contributed by atoms with Gasteiger partial charge in [-0.3, -0.25) is 4.68 Å². The topological polar surface area (TPSA) is 109 Å². The maximum Gasteiger partial charge on any atom is 0.490 e. The van der Waals surface area contributed by atoms with Crippen molar-refractivity contribution in [3.8, 4) is 16.2 Å². The molecule has 6 aromatic rings. The monoisotopic (exact) mass is 697 g/mol. The van der Waals surface area contributed by atoms with Crippen molar-refractivity contribution in [2.75, 3.05) is 5.32 Å². The number of alkyl halides is 3. The van der Waals surface area contributed by atoms with Gasteiger partial charge in [-0.15, -0.1) is 11.3 Å². The number of thiophene rings is 1. The first-order valence-electron chi connectivity index (χ1n) is 14.6. The molecule has 0 saturated carbocycles. The lowest BCUT2D eigenvalue weighted by Crippen LogP contribution is -2.34. The van der Waals surface area contributed by atoms with Crippen LogP contribution in [0.15, 0.2) is 73.7 Å². The van der Waals surface area contributed by atoms with Crippen LogP contribution in [0.1, 0.15) is 16.8 Å². The summed E-state index contributed by atoms with van der Waals surface area (Å²) in [5, 5.41) is 9.17. The van der Waals surface area contributed by atoms with Crippen LogP contribution in [-0.2, 0) is 42.1 Å². The predicted molar refractivity (Wildman–Crippen MR) is 170 cm³/mol. The molecule has 246 valence electrons. The second-order valence-electron chi connectivity index (χ2n) is 11.0. The Labute approximate surface area is 278 Å². The van der Waals surface area contributed by atoms with Gasteiger partial charge in [-0.2, -0.15) is 18.3 Å². The third-order valence-corrected chi connectivity index (χ3v) is 9.10. The number of benzene rings is 2. The van der Waals surface area contributed by atoms with Gasteiger partial charge in [-0.05, 0) is 54.3 Å². The summed E-state index contributed by atoms with van der Waals surface area (Å²) in [5.74, 6) is -1.59. The molecule has 0 fully saturated rings. The van der Waals surface area contributed by atoms with Crippen molar-refractivity contribution in [3.05, 3.63) is 101 Å². The minimum absolute atomic E-state index is 0.0325. The molecule has 16 heteroatoms. The SMILES string of the molecule is O=C(O[C@H](Cn1ccnc1)Cn1cc2c(n1)CCc1c-2sc2ncnc(Nc3ccc(OCc4cccc(F)c4)c(Cl)c3)c12)C(F)(F)F. The number of imidazole rings is 1. The number of ether oxygens (including phenoxy) is 2. The van der Waals surface area contributed by atoms with Crippen molar-refractivity contribution >= 4 is 50.6 Å². The highest BCUT2D eigenvalue weighted by molar-refractivity contribution is 7.22. The zero-order chi connectivity index (χ0) is 33.4. The average Bonchev–Trinajstić information content (AvgIpc) is 3.79. The summed E-state index contributed by atoms with van der Waals surface area (Å²) >= 11 is 7.99. The summed E-state index contributed by atoms with van der Waals surface area (Å²) in [7, 11) is 0. The number of nitrogens with zero attached hydrogens (tertiary/aromatic N) is 6. The first-order chi connectivity index (χ1) is 23.1. The summed E-state index contributed by atoms with van der Waals surface area (Å²) in [6.07, 6.45) is 2.65. The van der Waals surface area contributed by atoms with E-state index in [1.165, 1.54) is 51.6 Å². The molecule has 2 aromatic carbocycles. The van der Waals surface area contributed by atoms with Crippen molar-refractivity contribution in [2.24, 2.45) is 0 Å². The zero-order valence-corrected chi connectivity index (χ0v) is 26.3. The number of esters is 1. The molecule has 48 heavy (non-hydrogen) atoms. The summed E-state index contributed by atoms with van der Waals surface area (Å²) < 4.78 is 66.3. The molecule has 4 aromatic heterocycles. The fraction of sp³-hybridized carbons (Fsp3) is 0.219. The molecule has 0 radical (unpaired) electrons. The summed E-state index contributed by atoms with van der Waals surface area (Å²) in [4.78, 5) is 26.3. The van der Waals surface area contributed by atoms with Gasteiger partial charge in [0.2, 0.25) is 0 Å². The number of nitrogens with one attached hydrogen (secondary N) is 1. The Balaban J connectivity index is 1.12. The fourth-order valence-corrected chi connectivity index (χ4v) is 6.98. The molecule has 0 unspecified atom stereocenters. The van der Waals surface area contributed by atoms with Crippen LogP contribution >= 0.6 is 22.9 Å². The van der Waals surface area contributed by atoms with Crippen LogP contribution in [-0.4, -0.2) is 47.5 Å². The highest BCUT2D eigenvalue weighted by Gasteiger charge is 2.42. The van der Waals surface area contributed by atoms with Gasteiger partial charge in [-0.1, -0.05) is 23.7 Å². The van der Waals surface area contributed by atoms with Gasteiger partial charge in [-0.25, -0.2) is 24.1 Å². The van der Waals surface area contributed by atoms with E-state index in [1.54, 1.807) is 42.7 Å². The van der Waals surface area contributed by atoms with E-state index in [9.17, 15) is 22.4 Å². The highest BCUT2D eigenvalue weighted by Crippen LogP contribution is 2.45. The van der Waals surface area contributed by atoms with Crippen LogP contribution in [0.3, 0.4) is 0 Å². The number of aryl methyl sites for hydroxylation is 2. The number of fused-ring (bicyclic) bond motifs is 5. The van der Waals surface area contributed by atoms with Crippen molar-refractivity contribution in [1.82, 2.24) is 29.3 Å². The Bertz CT molecular complexity index is 2120. The molecular weight excluding hydrogens is 674 g/mol. The average molecular weight is 698 g/mol. The zero-order valence-electron chi connectivity index (χ0n) is 24.7. The number of halogens is 5. The van der Waals surface area contributed by atoms with E-state index in [2.05, 4.69) is 25.4 Å². The van der Waals surface area contributed by atoms with E-state index in [0.29, 0.717) is 40.7 Å². The third-order valence-electron chi connectivity index (χ3n) is 7.63. The van der Waals surface area contributed by atoms with E-state index in [4.69, 9.17) is 21.1 Å².